The summed E-state index contributed by atoms with van der Waals surface area (Å²) in [7, 11) is 6.04. The molecule has 1 fully saturated rings. The second-order valence-corrected chi connectivity index (χ2v) is 8.42. The smallest absolute Gasteiger partial charge is 0.288 e. The molecule has 1 unspecified atom stereocenters. The van der Waals surface area contributed by atoms with E-state index >= 15 is 0 Å². The van der Waals surface area contributed by atoms with Crippen molar-refractivity contribution >= 4 is 33.6 Å². The Morgan fingerprint density at radius 3 is 2.34 bits per heavy atom. The van der Waals surface area contributed by atoms with Gasteiger partial charge in [0.1, 0.15) is 6.61 Å². The SMILES string of the molecule is COOCC1=C(C)N=C2S/C(=N\Nc3cc(OC)c(OC)c(OC)c3)C(=O)N2C1c1ccccc1. The van der Waals surface area contributed by atoms with Gasteiger partial charge in [0.2, 0.25) is 5.75 Å². The molecule has 2 aromatic carbocycles. The van der Waals surface area contributed by atoms with Crippen molar-refractivity contribution in [3.63, 3.8) is 0 Å². The van der Waals surface area contributed by atoms with Gasteiger partial charge in [0.15, 0.2) is 21.7 Å². The molecule has 0 spiro atoms. The molecule has 2 aromatic rings. The molecule has 35 heavy (non-hydrogen) atoms. The summed E-state index contributed by atoms with van der Waals surface area (Å²) in [6.45, 7) is 2.06. The van der Waals surface area contributed by atoms with Gasteiger partial charge in [-0.15, -0.1) is 0 Å². The first-order valence-electron chi connectivity index (χ1n) is 10.7. The summed E-state index contributed by atoms with van der Waals surface area (Å²) in [6.07, 6.45) is 0. The Hall–Kier alpha value is -3.54. The van der Waals surface area contributed by atoms with Crippen molar-refractivity contribution in [2.75, 3.05) is 40.5 Å². The molecule has 0 radical (unpaired) electrons. The molecule has 1 atom stereocenters. The molecule has 11 heteroatoms. The lowest BCUT2D eigenvalue weighted by Crippen LogP contribution is -2.39. The Kier molecular flexibility index (Phi) is 7.59. The molecule has 0 aliphatic carbocycles. The minimum atomic E-state index is -0.396. The second-order valence-electron chi connectivity index (χ2n) is 7.47. The summed E-state index contributed by atoms with van der Waals surface area (Å²) in [6, 6.07) is 12.7. The number of hydrazone groups is 1. The van der Waals surface area contributed by atoms with Gasteiger partial charge in [0.05, 0.1) is 40.2 Å². The average molecular weight is 499 g/mol. The molecule has 2 heterocycles. The fraction of sp³-hybridized carbons (Fsp3) is 0.292. The van der Waals surface area contributed by atoms with E-state index in [1.807, 2.05) is 37.3 Å². The van der Waals surface area contributed by atoms with Crippen molar-refractivity contribution in [3.8, 4) is 17.2 Å². The van der Waals surface area contributed by atoms with Crippen LogP contribution < -0.4 is 19.6 Å². The van der Waals surface area contributed by atoms with E-state index in [9.17, 15) is 4.79 Å². The number of amides is 1. The third kappa shape index (κ3) is 4.83. The predicted octanol–water partition coefficient (Wildman–Crippen LogP) is 3.98. The van der Waals surface area contributed by atoms with Gasteiger partial charge in [0.25, 0.3) is 5.91 Å². The van der Waals surface area contributed by atoms with Crippen LogP contribution in [-0.2, 0) is 14.6 Å². The summed E-state index contributed by atoms with van der Waals surface area (Å²) in [5.41, 5.74) is 6.02. The van der Waals surface area contributed by atoms with Crippen LogP contribution >= 0.6 is 11.8 Å². The van der Waals surface area contributed by atoms with Gasteiger partial charge < -0.3 is 14.2 Å². The molecule has 1 N–H and O–H groups in total. The third-order valence-corrected chi connectivity index (χ3v) is 6.44. The van der Waals surface area contributed by atoms with Crippen LogP contribution in [0.3, 0.4) is 0 Å². The number of allylic oxidation sites excluding steroid dienone is 1. The standard InChI is InChI=1S/C24H26N4O6S/c1-14-17(13-34-33-5)20(15-9-7-6-8-10-15)28-23(29)22(35-24(28)25-14)27-26-16-11-18(30-2)21(32-4)19(12-16)31-3/h6-12,20,26H,13H2,1-5H3/b27-22-. The molecule has 2 aliphatic heterocycles. The first kappa shape index (κ1) is 24.6. The highest BCUT2D eigenvalue weighted by atomic mass is 32.2. The quantitative estimate of drug-likeness (QED) is 0.409. The summed E-state index contributed by atoms with van der Waals surface area (Å²) in [4.78, 5) is 29.8. The zero-order chi connectivity index (χ0) is 24.9. The van der Waals surface area contributed by atoms with Crippen LogP contribution in [0.4, 0.5) is 5.69 Å². The Labute approximate surface area is 207 Å². The monoisotopic (exact) mass is 498 g/mol. The Bertz CT molecular complexity index is 1170. The molecule has 2 aliphatic rings. The van der Waals surface area contributed by atoms with Crippen molar-refractivity contribution in [1.82, 2.24) is 4.90 Å². The molecule has 0 aromatic heterocycles. The van der Waals surface area contributed by atoms with E-state index in [1.54, 1.807) is 17.0 Å². The fourth-order valence-electron chi connectivity index (χ4n) is 3.87. The van der Waals surface area contributed by atoms with Crippen LogP contribution in [0, 0.1) is 0 Å². The highest BCUT2D eigenvalue weighted by molar-refractivity contribution is 8.29. The first-order valence-corrected chi connectivity index (χ1v) is 11.5. The fourth-order valence-corrected chi connectivity index (χ4v) is 4.78. The number of fused-ring (bicyclic) bond motifs is 1. The van der Waals surface area contributed by atoms with E-state index in [0.29, 0.717) is 28.1 Å². The molecule has 1 saturated heterocycles. The van der Waals surface area contributed by atoms with E-state index in [-0.39, 0.29) is 17.6 Å². The minimum absolute atomic E-state index is 0.170. The van der Waals surface area contributed by atoms with Crippen molar-refractivity contribution in [3.05, 3.63) is 59.3 Å². The molecule has 0 saturated carbocycles. The lowest BCUT2D eigenvalue weighted by molar-refractivity contribution is -0.266. The number of amidine groups is 1. The van der Waals surface area contributed by atoms with Crippen LogP contribution in [0.15, 0.2) is 63.8 Å². The number of methoxy groups -OCH3 is 3. The summed E-state index contributed by atoms with van der Waals surface area (Å²) < 4.78 is 16.1. The molecule has 10 nitrogen and oxygen atoms in total. The lowest BCUT2D eigenvalue weighted by Gasteiger charge is -2.33. The van der Waals surface area contributed by atoms with Gasteiger partial charge in [-0.05, 0) is 24.2 Å². The maximum absolute atomic E-state index is 13.5. The third-order valence-electron chi connectivity index (χ3n) is 5.51. The van der Waals surface area contributed by atoms with Crippen LogP contribution in [0.1, 0.15) is 18.5 Å². The van der Waals surface area contributed by atoms with Crippen molar-refractivity contribution < 1.29 is 28.8 Å². The number of hydrogen-bond donors (Lipinski definition) is 1. The average Bonchev–Trinajstić information content (AvgIpc) is 3.19. The largest absolute Gasteiger partial charge is 0.493 e. The number of nitrogens with zero attached hydrogens (tertiary/aromatic N) is 3. The molecular weight excluding hydrogens is 472 g/mol. The maximum Gasteiger partial charge on any atom is 0.288 e. The van der Waals surface area contributed by atoms with Crippen LogP contribution in [-0.4, -0.2) is 56.1 Å². The number of rotatable bonds is 9. The predicted molar refractivity (Wildman–Crippen MR) is 134 cm³/mol. The van der Waals surface area contributed by atoms with Gasteiger partial charge in [-0.3, -0.25) is 15.1 Å². The normalized spacial score (nSPS) is 18.5. The first-order chi connectivity index (χ1) is 17.0. The summed E-state index contributed by atoms with van der Waals surface area (Å²) in [5.74, 6) is 1.12. The van der Waals surface area contributed by atoms with Crippen LogP contribution in [0.2, 0.25) is 0 Å². The number of anilines is 1. The lowest BCUT2D eigenvalue weighted by atomic mass is 9.95. The van der Waals surface area contributed by atoms with Crippen molar-refractivity contribution in [2.45, 2.75) is 13.0 Å². The number of benzene rings is 2. The van der Waals surface area contributed by atoms with E-state index < -0.39 is 6.04 Å². The topological polar surface area (TPSA) is 103 Å². The number of carbonyl (C=O) groups excluding carboxylic acids is 1. The van der Waals surface area contributed by atoms with Crippen molar-refractivity contribution in [1.29, 1.82) is 0 Å². The van der Waals surface area contributed by atoms with E-state index in [1.165, 1.54) is 40.2 Å². The van der Waals surface area contributed by atoms with E-state index in [4.69, 9.17) is 24.0 Å². The van der Waals surface area contributed by atoms with Gasteiger partial charge in [-0.25, -0.2) is 14.8 Å². The minimum Gasteiger partial charge on any atom is -0.493 e. The van der Waals surface area contributed by atoms with Crippen molar-refractivity contribution in [2.24, 2.45) is 10.1 Å². The van der Waals surface area contributed by atoms with Gasteiger partial charge in [-0.1, -0.05) is 30.3 Å². The van der Waals surface area contributed by atoms with Gasteiger partial charge >= 0.3 is 0 Å². The van der Waals surface area contributed by atoms with Gasteiger partial charge in [0, 0.05) is 23.4 Å². The maximum atomic E-state index is 13.5. The zero-order valence-electron chi connectivity index (χ0n) is 20.0. The number of aliphatic imine (C=N–C) groups is 1. The second kappa shape index (κ2) is 10.8. The number of thioether (sulfide) groups is 1. The number of ether oxygens (including phenoxy) is 3. The molecular formula is C24H26N4O6S. The Morgan fingerprint density at radius 2 is 1.74 bits per heavy atom. The number of carbonyl (C=O) groups is 1. The Morgan fingerprint density at radius 1 is 1.06 bits per heavy atom. The van der Waals surface area contributed by atoms with Gasteiger partial charge in [-0.2, -0.15) is 5.10 Å². The number of hydrogen-bond acceptors (Lipinski definition) is 10. The molecule has 0 bridgehead atoms. The van der Waals surface area contributed by atoms with Crippen LogP contribution in [0.5, 0.6) is 17.2 Å². The number of nitrogens with one attached hydrogen (secondary N) is 1. The summed E-state index contributed by atoms with van der Waals surface area (Å²) >= 11 is 1.20. The van der Waals surface area contributed by atoms with E-state index in [0.717, 1.165) is 16.8 Å². The highest BCUT2D eigenvalue weighted by Crippen LogP contribution is 2.42. The van der Waals surface area contributed by atoms with Crippen LogP contribution in [0.25, 0.3) is 0 Å². The Balaban J connectivity index is 1.66. The zero-order valence-corrected chi connectivity index (χ0v) is 20.8. The molecule has 184 valence electrons. The molecule has 1 amide bonds. The highest BCUT2D eigenvalue weighted by Gasteiger charge is 2.44. The van der Waals surface area contributed by atoms with E-state index in [2.05, 4.69) is 15.5 Å². The summed E-state index contributed by atoms with van der Waals surface area (Å²) in [5, 5.41) is 5.18. The molecule has 4 rings (SSSR count).